The Labute approximate surface area is 115 Å². The predicted molar refractivity (Wildman–Crippen MR) is 70.5 cm³/mol. The van der Waals surface area contributed by atoms with E-state index in [-0.39, 0.29) is 5.91 Å². The van der Waals surface area contributed by atoms with Crippen LogP contribution < -0.4 is 5.32 Å². The lowest BCUT2D eigenvalue weighted by Gasteiger charge is -2.12. The van der Waals surface area contributed by atoms with Crippen LogP contribution in [-0.2, 0) is 4.79 Å². The van der Waals surface area contributed by atoms with E-state index in [4.69, 9.17) is 4.52 Å². The number of carbonyl (C=O) groups excluding carboxylic acids is 1. The van der Waals surface area contributed by atoms with Gasteiger partial charge in [-0.2, -0.15) is 4.98 Å². The van der Waals surface area contributed by atoms with E-state index in [1.807, 2.05) is 30.3 Å². The molecule has 0 aliphatic heterocycles. The van der Waals surface area contributed by atoms with Gasteiger partial charge in [0.25, 0.3) is 11.8 Å². The Morgan fingerprint density at radius 2 is 2.10 bits per heavy atom. The second kappa shape index (κ2) is 4.72. The lowest BCUT2D eigenvalue weighted by molar-refractivity contribution is -0.132. The molecule has 104 valence electrons. The SMILES string of the molecule is CC(NC(=O)C1(O)CC1)c1noc(-c2ccccc2)n1. The third-order valence-corrected chi connectivity index (χ3v) is 3.34. The van der Waals surface area contributed by atoms with Crippen LogP contribution in [0, 0.1) is 0 Å². The fourth-order valence-corrected chi connectivity index (χ4v) is 1.85. The quantitative estimate of drug-likeness (QED) is 0.880. The Hall–Kier alpha value is -2.21. The number of amides is 1. The van der Waals surface area contributed by atoms with Crippen LogP contribution in [0.25, 0.3) is 11.5 Å². The van der Waals surface area contributed by atoms with Gasteiger partial charge in [0.05, 0.1) is 6.04 Å². The average molecular weight is 273 g/mol. The number of aromatic nitrogens is 2. The van der Waals surface area contributed by atoms with Crippen molar-refractivity contribution in [3.8, 4) is 11.5 Å². The van der Waals surface area contributed by atoms with Crippen LogP contribution in [0.4, 0.5) is 0 Å². The van der Waals surface area contributed by atoms with Crippen LogP contribution >= 0.6 is 0 Å². The molecule has 20 heavy (non-hydrogen) atoms. The maximum atomic E-state index is 11.7. The van der Waals surface area contributed by atoms with Crippen LogP contribution in [-0.4, -0.2) is 26.8 Å². The van der Waals surface area contributed by atoms with Gasteiger partial charge in [-0.05, 0) is 31.9 Å². The van der Waals surface area contributed by atoms with Crippen molar-refractivity contribution < 1.29 is 14.4 Å². The number of hydrogen-bond donors (Lipinski definition) is 2. The summed E-state index contributed by atoms with van der Waals surface area (Å²) in [5.41, 5.74) is -0.370. The fourth-order valence-electron chi connectivity index (χ4n) is 1.85. The van der Waals surface area contributed by atoms with E-state index in [0.717, 1.165) is 5.56 Å². The maximum absolute atomic E-state index is 11.7. The Bertz CT molecular complexity index is 620. The highest BCUT2D eigenvalue weighted by molar-refractivity contribution is 5.87. The molecule has 6 heteroatoms. The first-order valence-electron chi connectivity index (χ1n) is 6.51. The molecule has 1 aliphatic carbocycles. The van der Waals surface area contributed by atoms with Gasteiger partial charge >= 0.3 is 0 Å². The van der Waals surface area contributed by atoms with Crippen LogP contribution in [0.5, 0.6) is 0 Å². The molecule has 0 saturated heterocycles. The molecular formula is C14H15N3O3. The van der Waals surface area contributed by atoms with Crippen molar-refractivity contribution in [1.82, 2.24) is 15.5 Å². The smallest absolute Gasteiger partial charge is 0.257 e. The van der Waals surface area contributed by atoms with Gasteiger partial charge in [0, 0.05) is 5.56 Å². The summed E-state index contributed by atoms with van der Waals surface area (Å²) in [5, 5.41) is 16.3. The molecule has 2 aromatic rings. The van der Waals surface area contributed by atoms with Crippen LogP contribution in [0.3, 0.4) is 0 Å². The molecule has 1 heterocycles. The number of hydrogen-bond acceptors (Lipinski definition) is 5. The third kappa shape index (κ3) is 2.42. The van der Waals surface area contributed by atoms with Gasteiger partial charge < -0.3 is 14.9 Å². The largest absolute Gasteiger partial charge is 0.380 e. The minimum atomic E-state index is -1.19. The maximum Gasteiger partial charge on any atom is 0.257 e. The second-order valence-corrected chi connectivity index (χ2v) is 5.05. The topological polar surface area (TPSA) is 88.2 Å². The highest BCUT2D eigenvalue weighted by Crippen LogP contribution is 2.35. The molecule has 1 aromatic carbocycles. The highest BCUT2D eigenvalue weighted by atomic mass is 16.5. The zero-order valence-electron chi connectivity index (χ0n) is 11.0. The van der Waals surface area contributed by atoms with E-state index < -0.39 is 11.6 Å². The summed E-state index contributed by atoms with van der Waals surface area (Å²) in [6, 6.07) is 8.99. The summed E-state index contributed by atoms with van der Waals surface area (Å²) in [6.45, 7) is 1.75. The first kappa shape index (κ1) is 12.8. The van der Waals surface area contributed by atoms with Gasteiger partial charge in [0.1, 0.15) is 5.60 Å². The van der Waals surface area contributed by atoms with E-state index in [1.165, 1.54) is 0 Å². The van der Waals surface area contributed by atoms with Crippen molar-refractivity contribution in [1.29, 1.82) is 0 Å². The summed E-state index contributed by atoms with van der Waals surface area (Å²) >= 11 is 0. The van der Waals surface area contributed by atoms with Gasteiger partial charge in [-0.15, -0.1) is 0 Å². The lowest BCUT2D eigenvalue weighted by Crippen LogP contribution is -2.38. The third-order valence-electron chi connectivity index (χ3n) is 3.34. The molecule has 0 bridgehead atoms. The summed E-state index contributed by atoms with van der Waals surface area (Å²) in [5.74, 6) is 0.421. The molecule has 6 nitrogen and oxygen atoms in total. The minimum Gasteiger partial charge on any atom is -0.380 e. The van der Waals surface area contributed by atoms with E-state index in [1.54, 1.807) is 6.92 Å². The molecule has 0 radical (unpaired) electrons. The van der Waals surface area contributed by atoms with E-state index >= 15 is 0 Å². The Kier molecular flexibility index (Phi) is 3.02. The number of benzene rings is 1. The summed E-state index contributed by atoms with van der Waals surface area (Å²) in [7, 11) is 0. The van der Waals surface area contributed by atoms with Gasteiger partial charge in [-0.25, -0.2) is 0 Å². The fraction of sp³-hybridized carbons (Fsp3) is 0.357. The molecule has 1 saturated carbocycles. The molecule has 0 spiro atoms. The first-order valence-corrected chi connectivity index (χ1v) is 6.51. The molecule has 3 rings (SSSR count). The molecule has 2 N–H and O–H groups in total. The predicted octanol–water partition coefficient (Wildman–Crippen LogP) is 1.44. The van der Waals surface area contributed by atoms with Crippen LogP contribution in [0.1, 0.15) is 31.6 Å². The summed E-state index contributed by atoms with van der Waals surface area (Å²) < 4.78 is 5.18. The standard InChI is InChI=1S/C14H15N3O3/c1-9(15-13(18)14(19)7-8-14)11-16-12(20-17-11)10-5-3-2-4-6-10/h2-6,9,19H,7-8H2,1H3,(H,15,18). The number of aliphatic hydroxyl groups is 1. The van der Waals surface area contributed by atoms with Gasteiger partial charge in [0.15, 0.2) is 5.82 Å². The van der Waals surface area contributed by atoms with E-state index in [0.29, 0.717) is 24.6 Å². The first-order chi connectivity index (χ1) is 9.58. The van der Waals surface area contributed by atoms with Crippen LogP contribution in [0.15, 0.2) is 34.9 Å². The normalized spacial score (nSPS) is 17.5. The van der Waals surface area contributed by atoms with E-state index in [9.17, 15) is 9.90 Å². The van der Waals surface area contributed by atoms with Crippen molar-refractivity contribution in [3.63, 3.8) is 0 Å². The molecule has 1 unspecified atom stereocenters. The van der Waals surface area contributed by atoms with Gasteiger partial charge in [-0.1, -0.05) is 23.4 Å². The van der Waals surface area contributed by atoms with E-state index in [2.05, 4.69) is 15.5 Å². The molecule has 1 amide bonds. The van der Waals surface area contributed by atoms with Crippen molar-refractivity contribution in [3.05, 3.63) is 36.2 Å². The zero-order chi connectivity index (χ0) is 14.2. The molecule has 1 atom stereocenters. The van der Waals surface area contributed by atoms with Gasteiger partial charge in [0.2, 0.25) is 0 Å². The number of nitrogens with one attached hydrogen (secondary N) is 1. The monoisotopic (exact) mass is 273 g/mol. The number of nitrogens with zero attached hydrogens (tertiary/aromatic N) is 2. The molecule has 1 aliphatic rings. The van der Waals surface area contributed by atoms with Crippen molar-refractivity contribution in [2.45, 2.75) is 31.4 Å². The summed E-state index contributed by atoms with van der Waals surface area (Å²) in [6.07, 6.45) is 1.01. The molecule has 1 aromatic heterocycles. The Balaban J connectivity index is 1.72. The Morgan fingerprint density at radius 3 is 2.75 bits per heavy atom. The van der Waals surface area contributed by atoms with Crippen molar-refractivity contribution in [2.75, 3.05) is 0 Å². The lowest BCUT2D eigenvalue weighted by atomic mass is 10.2. The second-order valence-electron chi connectivity index (χ2n) is 5.05. The molecular weight excluding hydrogens is 258 g/mol. The van der Waals surface area contributed by atoms with Crippen molar-refractivity contribution >= 4 is 5.91 Å². The number of carbonyl (C=O) groups is 1. The number of rotatable bonds is 4. The summed E-state index contributed by atoms with van der Waals surface area (Å²) in [4.78, 5) is 16.0. The zero-order valence-corrected chi connectivity index (χ0v) is 11.0. The Morgan fingerprint density at radius 1 is 1.40 bits per heavy atom. The van der Waals surface area contributed by atoms with Crippen LogP contribution in [0.2, 0.25) is 0 Å². The van der Waals surface area contributed by atoms with Crippen molar-refractivity contribution in [2.24, 2.45) is 0 Å². The highest BCUT2D eigenvalue weighted by Gasteiger charge is 2.48. The minimum absolute atomic E-state index is 0.379. The van der Waals surface area contributed by atoms with Gasteiger partial charge in [-0.3, -0.25) is 4.79 Å². The molecule has 1 fully saturated rings. The average Bonchev–Trinajstić information content (AvgIpc) is 3.04.